The van der Waals surface area contributed by atoms with Gasteiger partial charge in [-0.05, 0) is 98.7 Å². The van der Waals surface area contributed by atoms with Gasteiger partial charge in [0.15, 0.2) is 17.6 Å². The molecule has 3 heterocycles. The van der Waals surface area contributed by atoms with E-state index < -0.39 is 58.7 Å². The topological polar surface area (TPSA) is 242 Å². The van der Waals surface area contributed by atoms with E-state index in [1.165, 1.54) is 24.3 Å². The number of halogens is 6. The Morgan fingerprint density at radius 2 is 1.14 bits per heavy atom. The van der Waals surface area contributed by atoms with Crippen LogP contribution < -0.4 is 27.8 Å². The van der Waals surface area contributed by atoms with E-state index in [-0.39, 0.29) is 40.0 Å². The second kappa shape index (κ2) is 17.1. The van der Waals surface area contributed by atoms with Crippen LogP contribution in [0.4, 0.5) is 26.3 Å². The zero-order chi connectivity index (χ0) is 43.6. The van der Waals surface area contributed by atoms with Gasteiger partial charge < -0.3 is 27.0 Å². The smallest absolute Gasteiger partial charge is 0.370 e. The highest BCUT2D eigenvalue weighted by atomic mass is 19.4. The Morgan fingerprint density at radius 1 is 0.729 bits per heavy atom. The van der Waals surface area contributed by atoms with Crippen LogP contribution in [0.1, 0.15) is 110 Å². The maximum atomic E-state index is 13.7. The number of carbonyl (C=O) groups is 4. The first kappa shape index (κ1) is 44.1. The van der Waals surface area contributed by atoms with Gasteiger partial charge in [0.05, 0.1) is 16.7 Å². The minimum atomic E-state index is -4.65. The van der Waals surface area contributed by atoms with Gasteiger partial charge in [0.2, 0.25) is 5.91 Å². The number of carbonyl (C=O) groups excluding carboxylic acids is 4. The number of piperidine rings is 2. The number of benzene rings is 2. The molecule has 3 fully saturated rings. The van der Waals surface area contributed by atoms with Crippen molar-refractivity contribution >= 4 is 35.5 Å². The molecule has 59 heavy (non-hydrogen) atoms. The largest absolute Gasteiger partial charge is 0.416 e. The summed E-state index contributed by atoms with van der Waals surface area (Å²) in [5.41, 5.74) is 14.4. The molecule has 4 amide bonds. The molecule has 1 aliphatic carbocycles. The Balaban J connectivity index is 0.000000225. The van der Waals surface area contributed by atoms with E-state index in [2.05, 4.69) is 5.10 Å². The lowest BCUT2D eigenvalue weighted by Gasteiger charge is -2.34. The van der Waals surface area contributed by atoms with Gasteiger partial charge in [-0.25, -0.2) is 0 Å². The third kappa shape index (κ3) is 10.6. The molecule has 2 aromatic carbocycles. The number of guanidine groups is 2. The third-order valence-electron chi connectivity index (χ3n) is 10.7. The van der Waals surface area contributed by atoms with E-state index in [1.807, 2.05) is 17.6 Å². The van der Waals surface area contributed by atoms with Crippen molar-refractivity contribution in [1.82, 2.24) is 30.2 Å². The molecule has 3 aromatic rings. The number of nitrogens with zero attached hydrogens (tertiary/aromatic N) is 4. The van der Waals surface area contributed by atoms with E-state index in [1.54, 1.807) is 27.6 Å². The van der Waals surface area contributed by atoms with Crippen molar-refractivity contribution in [2.45, 2.75) is 75.2 Å². The molecule has 6 rings (SSSR count). The summed E-state index contributed by atoms with van der Waals surface area (Å²) in [6.45, 7) is 3.15. The molecular formula is C38H45F6N11O4. The first-order chi connectivity index (χ1) is 27.5. The van der Waals surface area contributed by atoms with Crippen LogP contribution in [0.2, 0.25) is 0 Å². The molecule has 0 atom stereocenters. The number of aryl methyl sites for hydroxylation is 2. The van der Waals surface area contributed by atoms with Gasteiger partial charge in [-0.15, -0.1) is 0 Å². The third-order valence-corrected chi connectivity index (χ3v) is 10.7. The second-order valence-electron chi connectivity index (χ2n) is 14.9. The van der Waals surface area contributed by atoms with Crippen molar-refractivity contribution in [2.75, 3.05) is 26.2 Å². The van der Waals surface area contributed by atoms with Crippen molar-refractivity contribution in [3.8, 4) is 0 Å². The van der Waals surface area contributed by atoms with E-state index in [0.29, 0.717) is 70.4 Å². The Hall–Kier alpha value is -5.99. The molecule has 318 valence electrons. The van der Waals surface area contributed by atoms with Crippen molar-refractivity contribution in [3.63, 3.8) is 0 Å². The van der Waals surface area contributed by atoms with Gasteiger partial charge in [0.1, 0.15) is 0 Å². The highest BCUT2D eigenvalue weighted by Crippen LogP contribution is 2.42. The van der Waals surface area contributed by atoms with Crippen LogP contribution >= 0.6 is 0 Å². The van der Waals surface area contributed by atoms with Crippen LogP contribution in [-0.2, 0) is 24.2 Å². The zero-order valence-corrected chi connectivity index (χ0v) is 32.2. The summed E-state index contributed by atoms with van der Waals surface area (Å²) in [4.78, 5) is 52.0. The fourth-order valence-electron chi connectivity index (χ4n) is 7.26. The Labute approximate surface area is 334 Å². The summed E-state index contributed by atoms with van der Waals surface area (Å²) < 4.78 is 83.5. The van der Waals surface area contributed by atoms with E-state index in [9.17, 15) is 45.5 Å². The molecule has 15 nitrogen and oxygen atoms in total. The van der Waals surface area contributed by atoms with Crippen molar-refractivity contribution in [2.24, 2.45) is 24.2 Å². The van der Waals surface area contributed by atoms with Crippen LogP contribution in [0.25, 0.3) is 0 Å². The highest BCUT2D eigenvalue weighted by Gasteiger charge is 2.49. The number of rotatable bonds is 6. The maximum absolute atomic E-state index is 13.7. The van der Waals surface area contributed by atoms with Crippen LogP contribution in [-0.4, -0.2) is 86.8 Å². The molecule has 2 saturated heterocycles. The molecule has 0 spiro atoms. The van der Waals surface area contributed by atoms with E-state index in [0.717, 1.165) is 17.8 Å². The summed E-state index contributed by atoms with van der Waals surface area (Å²) in [6.07, 6.45) is -6.49. The molecular weight excluding hydrogens is 788 g/mol. The number of hydrogen-bond donors (Lipinski definition) is 7. The normalized spacial score (nSPS) is 17.0. The summed E-state index contributed by atoms with van der Waals surface area (Å²) in [7, 11) is 1.73. The number of likely N-dealkylation sites (tertiary alicyclic amines) is 2. The highest BCUT2D eigenvalue weighted by molar-refractivity contribution is 6.05. The number of aromatic nitrogens is 2. The summed E-state index contributed by atoms with van der Waals surface area (Å²) in [6, 6.07) is 8.41. The van der Waals surface area contributed by atoms with Crippen LogP contribution in [0.15, 0.2) is 42.5 Å². The SMILES string of the molecule is Cc1cc(C(=O)N2CCC(c3ccc(C(=O)NC(=N)N)cc3C(F)(F)F)CC2)nn1C.N=C(N)NC(=O)c1ccc(C2CCN(C(=O)C3(N)CC3)CC2)c(C(F)(F)F)c1. The van der Waals surface area contributed by atoms with E-state index >= 15 is 0 Å². The zero-order valence-electron chi connectivity index (χ0n) is 32.2. The predicted molar refractivity (Wildman–Crippen MR) is 202 cm³/mol. The molecule has 3 aliphatic rings. The number of nitrogens with two attached hydrogens (primary N) is 3. The second-order valence-corrected chi connectivity index (χ2v) is 14.9. The molecule has 0 unspecified atom stereocenters. The minimum absolute atomic E-state index is 0.0904. The number of nitrogens with one attached hydrogen (secondary N) is 4. The van der Waals surface area contributed by atoms with Crippen LogP contribution in [0.5, 0.6) is 0 Å². The van der Waals surface area contributed by atoms with Gasteiger partial charge in [0, 0.05) is 50.0 Å². The fraction of sp³-hybridized carbons (Fsp3) is 0.447. The standard InChI is InChI=1S/C20H23F3N6O2.C18H22F3N5O2/c1-11-9-16(27-28(11)2)18(31)29-7-5-12(6-8-29)14-4-3-13(17(30)26-19(24)25)10-15(14)20(21,22)23;19-18(20,21)13-9-11(14(27)25-16(22)23)1-2-12(13)10-3-7-26(8-4-10)15(28)17(24)5-6-17/h3-4,9-10,12H,5-8H2,1-2H3,(H4,24,25,26,30);1-2,9-10H,3-8,24H2,(H4,22,23,25,27). The summed E-state index contributed by atoms with van der Waals surface area (Å²) in [5, 5.41) is 22.2. The van der Waals surface area contributed by atoms with Gasteiger partial charge >= 0.3 is 12.4 Å². The lowest BCUT2D eigenvalue weighted by molar-refractivity contribution is -0.139. The maximum Gasteiger partial charge on any atom is 0.416 e. The van der Waals surface area contributed by atoms with Gasteiger partial charge in [0.25, 0.3) is 17.7 Å². The first-order valence-electron chi connectivity index (χ1n) is 18.6. The monoisotopic (exact) mass is 833 g/mol. The Bertz CT molecular complexity index is 2110. The molecule has 0 radical (unpaired) electrons. The summed E-state index contributed by atoms with van der Waals surface area (Å²) in [5.74, 6) is -4.20. The molecule has 2 aliphatic heterocycles. The predicted octanol–water partition coefficient (Wildman–Crippen LogP) is 3.92. The minimum Gasteiger partial charge on any atom is -0.370 e. The summed E-state index contributed by atoms with van der Waals surface area (Å²) >= 11 is 0. The lowest BCUT2D eigenvalue weighted by atomic mass is 9.85. The van der Waals surface area contributed by atoms with Crippen molar-refractivity contribution < 1.29 is 45.5 Å². The Morgan fingerprint density at radius 3 is 1.47 bits per heavy atom. The van der Waals surface area contributed by atoms with Gasteiger partial charge in [-0.1, -0.05) is 12.1 Å². The van der Waals surface area contributed by atoms with E-state index in [4.69, 9.17) is 28.0 Å². The van der Waals surface area contributed by atoms with Crippen molar-refractivity contribution in [3.05, 3.63) is 87.2 Å². The number of alkyl halides is 6. The van der Waals surface area contributed by atoms with Crippen molar-refractivity contribution in [1.29, 1.82) is 10.8 Å². The molecule has 21 heteroatoms. The fourth-order valence-corrected chi connectivity index (χ4v) is 7.26. The average Bonchev–Trinajstić information content (AvgIpc) is 3.84. The quantitative estimate of drug-likeness (QED) is 0.109. The first-order valence-corrected chi connectivity index (χ1v) is 18.6. The Kier molecular flexibility index (Phi) is 12.8. The molecule has 0 bridgehead atoms. The number of hydrogen-bond acceptors (Lipinski definition) is 8. The molecule has 10 N–H and O–H groups in total. The van der Waals surface area contributed by atoms with Gasteiger partial charge in [-0.3, -0.25) is 45.3 Å². The lowest BCUT2D eigenvalue weighted by Crippen LogP contribution is -2.48. The van der Waals surface area contributed by atoms with Gasteiger partial charge in [-0.2, -0.15) is 31.4 Å². The van der Waals surface area contributed by atoms with Crippen LogP contribution in [0.3, 0.4) is 0 Å². The average molecular weight is 834 g/mol. The number of amides is 4. The molecule has 1 saturated carbocycles. The molecule has 1 aromatic heterocycles. The van der Waals surface area contributed by atoms with Crippen LogP contribution in [0, 0.1) is 17.7 Å².